The van der Waals surface area contributed by atoms with Crippen molar-refractivity contribution in [1.82, 2.24) is 19.8 Å². The second-order valence-corrected chi connectivity index (χ2v) is 9.11. The molecule has 5 rings (SSSR count). The van der Waals surface area contributed by atoms with Crippen LogP contribution in [0.15, 0.2) is 83.7 Å². The minimum Gasteiger partial charge on any atom is -0.467 e. The molecule has 0 unspecified atom stereocenters. The summed E-state index contributed by atoms with van der Waals surface area (Å²) < 4.78 is 7.42. The highest BCUT2D eigenvalue weighted by Crippen LogP contribution is 2.39. The molecule has 2 aromatic heterocycles. The van der Waals surface area contributed by atoms with E-state index >= 15 is 0 Å². The van der Waals surface area contributed by atoms with Crippen molar-refractivity contribution in [3.05, 3.63) is 108 Å². The van der Waals surface area contributed by atoms with Crippen LogP contribution in [0.1, 0.15) is 38.4 Å². The number of nitrogens with one attached hydrogen (secondary N) is 1. The van der Waals surface area contributed by atoms with E-state index in [1.165, 1.54) is 0 Å². The number of para-hydroxylation sites is 1. The van der Waals surface area contributed by atoms with E-state index in [1.807, 2.05) is 83.3 Å². The molecule has 0 spiro atoms. The van der Waals surface area contributed by atoms with E-state index < -0.39 is 0 Å². The zero-order valence-electron chi connectivity index (χ0n) is 18.7. The van der Waals surface area contributed by atoms with Gasteiger partial charge < -0.3 is 19.2 Å². The summed E-state index contributed by atoms with van der Waals surface area (Å²) >= 11 is 1.58. The lowest BCUT2D eigenvalue weighted by Gasteiger charge is -2.23. The predicted octanol–water partition coefficient (Wildman–Crippen LogP) is 4.48. The molecule has 1 aliphatic rings. The van der Waals surface area contributed by atoms with Crippen LogP contribution < -0.4 is 5.32 Å². The molecule has 0 radical (unpaired) electrons. The summed E-state index contributed by atoms with van der Waals surface area (Å²) in [5.41, 5.74) is 3.56. The summed E-state index contributed by atoms with van der Waals surface area (Å²) in [5.74, 6) is 2.01. The van der Waals surface area contributed by atoms with Crippen molar-refractivity contribution in [2.45, 2.75) is 25.4 Å². The molecule has 3 heterocycles. The summed E-state index contributed by atoms with van der Waals surface area (Å²) in [6.07, 6.45) is 5.29. The highest BCUT2D eigenvalue weighted by molar-refractivity contribution is 8.00. The second kappa shape index (κ2) is 9.61. The number of furan rings is 1. The van der Waals surface area contributed by atoms with Gasteiger partial charge in [-0.2, -0.15) is 0 Å². The van der Waals surface area contributed by atoms with Crippen molar-refractivity contribution < 1.29 is 14.0 Å². The molecule has 34 heavy (non-hydrogen) atoms. The fraction of sp³-hybridized carbons (Fsp3) is 0.192. The average molecular weight is 473 g/mol. The Morgan fingerprint density at radius 3 is 2.71 bits per heavy atom. The quantitative estimate of drug-likeness (QED) is 0.429. The van der Waals surface area contributed by atoms with Crippen molar-refractivity contribution in [3.63, 3.8) is 0 Å². The van der Waals surface area contributed by atoms with Gasteiger partial charge in [0.05, 0.1) is 24.2 Å². The minimum atomic E-state index is -0.147. The molecule has 1 saturated heterocycles. The van der Waals surface area contributed by atoms with Gasteiger partial charge in [0.1, 0.15) is 17.0 Å². The molecule has 2 aromatic carbocycles. The molecular weight excluding hydrogens is 448 g/mol. The summed E-state index contributed by atoms with van der Waals surface area (Å²) in [4.78, 5) is 31.3. The monoisotopic (exact) mass is 472 g/mol. The Morgan fingerprint density at radius 1 is 1.15 bits per heavy atom. The van der Waals surface area contributed by atoms with Gasteiger partial charge in [-0.05, 0) is 48.4 Å². The van der Waals surface area contributed by atoms with Crippen LogP contribution in [0.3, 0.4) is 0 Å². The predicted molar refractivity (Wildman–Crippen MR) is 130 cm³/mol. The van der Waals surface area contributed by atoms with E-state index in [2.05, 4.69) is 10.3 Å². The highest BCUT2D eigenvalue weighted by Gasteiger charge is 2.33. The molecule has 4 aromatic rings. The summed E-state index contributed by atoms with van der Waals surface area (Å²) in [7, 11) is 0. The normalized spacial score (nSPS) is 15.6. The van der Waals surface area contributed by atoms with Crippen molar-refractivity contribution >= 4 is 23.6 Å². The van der Waals surface area contributed by atoms with Crippen LogP contribution in [-0.4, -0.2) is 32.0 Å². The van der Waals surface area contributed by atoms with Crippen molar-refractivity contribution in [1.29, 1.82) is 0 Å². The van der Waals surface area contributed by atoms with Crippen LogP contribution in [0, 0.1) is 6.92 Å². The zero-order chi connectivity index (χ0) is 23.5. The number of benzene rings is 2. The average Bonchev–Trinajstić information content (AvgIpc) is 3.61. The molecule has 0 aliphatic carbocycles. The molecule has 2 amide bonds. The topological polar surface area (TPSA) is 80.4 Å². The van der Waals surface area contributed by atoms with Gasteiger partial charge in [0.15, 0.2) is 0 Å². The maximum absolute atomic E-state index is 12.8. The minimum absolute atomic E-state index is 0.0833. The van der Waals surface area contributed by atoms with Crippen LogP contribution in [0.4, 0.5) is 0 Å². The molecule has 0 saturated carbocycles. The first-order chi connectivity index (χ1) is 16.6. The zero-order valence-corrected chi connectivity index (χ0v) is 19.5. The molecule has 7 nitrogen and oxygen atoms in total. The van der Waals surface area contributed by atoms with Gasteiger partial charge in [-0.3, -0.25) is 9.59 Å². The first kappa shape index (κ1) is 22.0. The smallest absolute Gasteiger partial charge is 0.251 e. The molecule has 1 fully saturated rings. The fourth-order valence-corrected chi connectivity index (χ4v) is 5.26. The van der Waals surface area contributed by atoms with Gasteiger partial charge in [-0.25, -0.2) is 4.98 Å². The van der Waals surface area contributed by atoms with Crippen LogP contribution in [0.2, 0.25) is 0 Å². The van der Waals surface area contributed by atoms with E-state index in [0.29, 0.717) is 24.4 Å². The Balaban J connectivity index is 1.26. The van der Waals surface area contributed by atoms with Crippen LogP contribution in [0.25, 0.3) is 5.69 Å². The second-order valence-electron chi connectivity index (χ2n) is 8.04. The van der Waals surface area contributed by atoms with Crippen molar-refractivity contribution in [3.8, 4) is 5.69 Å². The third-order valence-corrected chi connectivity index (χ3v) is 7.10. The number of amides is 2. The number of hydrogen-bond acceptors (Lipinski definition) is 5. The Labute approximate surface area is 201 Å². The van der Waals surface area contributed by atoms with Crippen molar-refractivity contribution in [2.75, 3.05) is 5.75 Å². The lowest BCUT2D eigenvalue weighted by atomic mass is 10.1. The number of nitrogens with zero attached hydrogens (tertiary/aromatic N) is 3. The first-order valence-corrected chi connectivity index (χ1v) is 12.0. The van der Waals surface area contributed by atoms with Crippen LogP contribution in [-0.2, 0) is 17.9 Å². The maximum atomic E-state index is 12.8. The molecule has 8 heteroatoms. The fourth-order valence-electron chi connectivity index (χ4n) is 4.08. The maximum Gasteiger partial charge on any atom is 0.251 e. The van der Waals surface area contributed by atoms with Gasteiger partial charge >= 0.3 is 0 Å². The summed E-state index contributed by atoms with van der Waals surface area (Å²) in [6.45, 7) is 2.78. The molecule has 1 aliphatic heterocycles. The van der Waals surface area contributed by atoms with E-state index in [1.54, 1.807) is 24.2 Å². The molecule has 1 N–H and O–H groups in total. The number of imidazole rings is 1. The summed E-state index contributed by atoms with van der Waals surface area (Å²) in [6, 6.07) is 19.1. The van der Waals surface area contributed by atoms with E-state index in [4.69, 9.17) is 4.42 Å². The standard InChI is InChI=1S/C26H24N4O3S/c1-18-27-12-13-29(18)23-7-3-2-5-21(23)15-28-25(32)19-8-10-20(11-9-19)26-30(24(31)17-34-26)16-22-6-4-14-33-22/h2-14,26H,15-17H2,1H3,(H,28,32)/t26-/m0/s1. The Kier molecular flexibility index (Phi) is 6.22. The Hall–Kier alpha value is -3.78. The van der Waals surface area contributed by atoms with Crippen LogP contribution >= 0.6 is 11.8 Å². The number of aryl methyl sites for hydroxylation is 1. The van der Waals surface area contributed by atoms with Gasteiger partial charge in [0.2, 0.25) is 5.91 Å². The number of carbonyl (C=O) groups excluding carboxylic acids is 2. The number of aromatic nitrogens is 2. The van der Waals surface area contributed by atoms with Crippen LogP contribution in [0.5, 0.6) is 0 Å². The number of carbonyl (C=O) groups is 2. The van der Waals surface area contributed by atoms with Gasteiger partial charge in [0.25, 0.3) is 5.91 Å². The van der Waals surface area contributed by atoms with Gasteiger partial charge in [-0.15, -0.1) is 11.8 Å². The highest BCUT2D eigenvalue weighted by atomic mass is 32.2. The van der Waals surface area contributed by atoms with E-state index in [9.17, 15) is 9.59 Å². The lowest BCUT2D eigenvalue weighted by Crippen LogP contribution is -2.27. The SMILES string of the molecule is Cc1nccn1-c1ccccc1CNC(=O)c1ccc([C@@H]2SCC(=O)N2Cc2ccco2)cc1. The largest absolute Gasteiger partial charge is 0.467 e. The number of rotatable bonds is 7. The molecule has 0 bridgehead atoms. The Morgan fingerprint density at radius 2 is 1.97 bits per heavy atom. The first-order valence-electron chi connectivity index (χ1n) is 11.0. The van der Waals surface area contributed by atoms with E-state index in [0.717, 1.165) is 28.4 Å². The van der Waals surface area contributed by atoms with Crippen molar-refractivity contribution in [2.24, 2.45) is 0 Å². The number of hydrogen-bond donors (Lipinski definition) is 1. The van der Waals surface area contributed by atoms with Gasteiger partial charge in [0, 0.05) is 24.5 Å². The van der Waals surface area contributed by atoms with Gasteiger partial charge in [-0.1, -0.05) is 30.3 Å². The summed E-state index contributed by atoms with van der Waals surface area (Å²) in [5, 5.41) is 2.92. The molecule has 1 atom stereocenters. The number of thioether (sulfide) groups is 1. The lowest BCUT2D eigenvalue weighted by molar-refractivity contribution is -0.128. The third kappa shape index (κ3) is 4.49. The Bertz CT molecular complexity index is 1300. The molecular formula is C26H24N4O3S. The third-order valence-electron chi connectivity index (χ3n) is 5.85. The molecule has 172 valence electrons. The van der Waals surface area contributed by atoms with E-state index in [-0.39, 0.29) is 17.2 Å².